The minimum atomic E-state index is -0.261. The van der Waals surface area contributed by atoms with Gasteiger partial charge in [0.2, 0.25) is 5.91 Å². The van der Waals surface area contributed by atoms with Gasteiger partial charge in [-0.05, 0) is 42.5 Å². The maximum atomic E-state index is 13.5. The maximum absolute atomic E-state index is 13.5. The minimum absolute atomic E-state index is 0.0294. The van der Waals surface area contributed by atoms with E-state index in [1.807, 2.05) is 84.6 Å². The lowest BCUT2D eigenvalue weighted by atomic mass is 10.1. The lowest BCUT2D eigenvalue weighted by Gasteiger charge is -2.28. The van der Waals surface area contributed by atoms with Crippen LogP contribution in [0.15, 0.2) is 84.9 Å². The van der Waals surface area contributed by atoms with E-state index in [2.05, 4.69) is 24.4 Å². The van der Waals surface area contributed by atoms with Crippen LogP contribution in [0, 0.1) is 6.92 Å². The zero-order valence-corrected chi connectivity index (χ0v) is 21.1. The number of hydrogen-bond acceptors (Lipinski definition) is 3. The molecule has 0 atom stereocenters. The van der Waals surface area contributed by atoms with Crippen molar-refractivity contribution in [3.63, 3.8) is 0 Å². The van der Waals surface area contributed by atoms with Crippen LogP contribution in [0.5, 0.6) is 0 Å². The van der Waals surface area contributed by atoms with Crippen LogP contribution < -0.4 is 5.32 Å². The van der Waals surface area contributed by atoms with Crippen molar-refractivity contribution in [2.45, 2.75) is 33.4 Å². The summed E-state index contributed by atoms with van der Waals surface area (Å²) < 4.78 is 0. The Bertz CT molecular complexity index is 1280. The number of rotatable bonds is 9. The van der Waals surface area contributed by atoms with Gasteiger partial charge in [0.25, 0.3) is 0 Å². The highest BCUT2D eigenvalue weighted by Crippen LogP contribution is 2.23. The molecule has 1 heterocycles. The number of thiophene rings is 1. The molecule has 0 aliphatic carbocycles. The van der Waals surface area contributed by atoms with Crippen molar-refractivity contribution in [3.05, 3.63) is 100 Å². The van der Waals surface area contributed by atoms with Gasteiger partial charge < -0.3 is 15.1 Å². The summed E-state index contributed by atoms with van der Waals surface area (Å²) in [4.78, 5) is 32.6. The summed E-state index contributed by atoms with van der Waals surface area (Å²) in [7, 11) is 0. The number of benzene rings is 3. The zero-order chi connectivity index (χ0) is 24.6. The van der Waals surface area contributed by atoms with Gasteiger partial charge in [-0.3, -0.25) is 4.79 Å². The molecule has 0 saturated carbocycles. The molecule has 0 spiro atoms. The molecule has 3 aromatic carbocycles. The van der Waals surface area contributed by atoms with Crippen LogP contribution in [0.3, 0.4) is 0 Å². The number of aryl methyl sites for hydroxylation is 1. The number of nitrogens with zero attached hydrogens (tertiary/aromatic N) is 2. The summed E-state index contributed by atoms with van der Waals surface area (Å²) >= 11 is 1.70. The number of nitrogens with one attached hydrogen (secondary N) is 1. The highest BCUT2D eigenvalue weighted by Gasteiger charge is 2.22. The Kier molecular flexibility index (Phi) is 8.16. The first-order valence-corrected chi connectivity index (χ1v) is 12.8. The lowest BCUT2D eigenvalue weighted by Crippen LogP contribution is -2.44. The highest BCUT2D eigenvalue weighted by atomic mass is 32.1. The third kappa shape index (κ3) is 6.49. The smallest absolute Gasteiger partial charge is 0.322 e. The number of amides is 3. The van der Waals surface area contributed by atoms with E-state index in [0.717, 1.165) is 33.3 Å². The van der Waals surface area contributed by atoms with E-state index in [1.165, 1.54) is 4.88 Å². The molecule has 0 aliphatic rings. The van der Waals surface area contributed by atoms with Crippen molar-refractivity contribution in [1.82, 2.24) is 9.80 Å². The topological polar surface area (TPSA) is 52.7 Å². The fourth-order valence-corrected chi connectivity index (χ4v) is 5.01. The van der Waals surface area contributed by atoms with Crippen LogP contribution in [-0.2, 0) is 17.9 Å². The summed E-state index contributed by atoms with van der Waals surface area (Å²) in [6, 6.07) is 27.7. The quantitative estimate of drug-likeness (QED) is 0.287. The van der Waals surface area contributed by atoms with Crippen LogP contribution in [-0.4, -0.2) is 34.8 Å². The van der Waals surface area contributed by atoms with E-state index in [-0.39, 0.29) is 18.5 Å². The Labute approximate surface area is 211 Å². The largest absolute Gasteiger partial charge is 0.332 e. The van der Waals surface area contributed by atoms with Crippen molar-refractivity contribution in [1.29, 1.82) is 0 Å². The fourth-order valence-electron chi connectivity index (χ4n) is 4.11. The number of carbonyl (C=O) groups excluding carboxylic acids is 2. The Morgan fingerprint density at radius 3 is 2.31 bits per heavy atom. The molecule has 3 amide bonds. The molecular formula is C29H31N3O2S. The summed E-state index contributed by atoms with van der Waals surface area (Å²) in [5, 5.41) is 5.07. The molecule has 4 aromatic rings. The molecule has 1 aromatic heterocycles. The zero-order valence-electron chi connectivity index (χ0n) is 20.2. The van der Waals surface area contributed by atoms with E-state index in [4.69, 9.17) is 0 Å². The van der Waals surface area contributed by atoms with Crippen LogP contribution in [0.2, 0.25) is 0 Å². The van der Waals surface area contributed by atoms with Crippen LogP contribution in [0.4, 0.5) is 10.5 Å². The Morgan fingerprint density at radius 2 is 1.57 bits per heavy atom. The SMILES string of the molecule is CCCN(CC(=O)N(Cc1ccccc1)Cc1ccc(C)s1)C(=O)Nc1cccc2ccccc12. The summed E-state index contributed by atoms with van der Waals surface area (Å²) in [6.07, 6.45) is 0.763. The number of carbonyl (C=O) groups is 2. The fraction of sp³-hybridized carbons (Fsp3) is 0.241. The summed E-state index contributed by atoms with van der Waals surface area (Å²) in [5.41, 5.74) is 1.81. The summed E-state index contributed by atoms with van der Waals surface area (Å²) in [6.45, 7) is 5.64. The first-order valence-electron chi connectivity index (χ1n) is 11.9. The van der Waals surface area contributed by atoms with E-state index in [0.29, 0.717) is 19.6 Å². The van der Waals surface area contributed by atoms with E-state index in [1.54, 1.807) is 16.2 Å². The van der Waals surface area contributed by atoms with Gasteiger partial charge >= 0.3 is 6.03 Å². The molecular weight excluding hydrogens is 454 g/mol. The maximum Gasteiger partial charge on any atom is 0.322 e. The number of anilines is 1. The number of fused-ring (bicyclic) bond motifs is 1. The van der Waals surface area contributed by atoms with Crippen molar-refractivity contribution in [3.8, 4) is 0 Å². The Balaban J connectivity index is 1.51. The van der Waals surface area contributed by atoms with Crippen molar-refractivity contribution in [2.75, 3.05) is 18.4 Å². The normalized spacial score (nSPS) is 10.8. The van der Waals surface area contributed by atoms with Gasteiger partial charge in [-0.25, -0.2) is 4.79 Å². The molecule has 6 heteroatoms. The van der Waals surface area contributed by atoms with Gasteiger partial charge in [0.15, 0.2) is 0 Å². The average Bonchev–Trinajstić information content (AvgIpc) is 3.28. The average molecular weight is 486 g/mol. The molecule has 0 bridgehead atoms. The molecule has 35 heavy (non-hydrogen) atoms. The first-order chi connectivity index (χ1) is 17.0. The monoisotopic (exact) mass is 485 g/mol. The molecule has 0 saturated heterocycles. The van der Waals surface area contributed by atoms with Gasteiger partial charge in [-0.1, -0.05) is 73.7 Å². The number of hydrogen-bond donors (Lipinski definition) is 1. The second-order valence-corrected chi connectivity index (χ2v) is 10.00. The van der Waals surface area contributed by atoms with E-state index < -0.39 is 0 Å². The molecule has 180 valence electrons. The minimum Gasteiger partial charge on any atom is -0.332 e. The lowest BCUT2D eigenvalue weighted by molar-refractivity contribution is -0.133. The van der Waals surface area contributed by atoms with Gasteiger partial charge in [0.1, 0.15) is 6.54 Å². The Morgan fingerprint density at radius 1 is 0.829 bits per heavy atom. The molecule has 5 nitrogen and oxygen atoms in total. The van der Waals surface area contributed by atoms with Gasteiger partial charge in [-0.2, -0.15) is 0 Å². The van der Waals surface area contributed by atoms with Gasteiger partial charge in [0, 0.05) is 28.2 Å². The molecule has 0 unspecified atom stereocenters. The predicted octanol–water partition coefficient (Wildman–Crippen LogP) is 6.68. The summed E-state index contributed by atoms with van der Waals surface area (Å²) in [5.74, 6) is -0.0681. The van der Waals surface area contributed by atoms with E-state index in [9.17, 15) is 9.59 Å². The molecule has 0 aliphatic heterocycles. The first kappa shape index (κ1) is 24.5. The van der Waals surface area contributed by atoms with Crippen LogP contribution in [0.25, 0.3) is 10.8 Å². The predicted molar refractivity (Wildman–Crippen MR) is 145 cm³/mol. The van der Waals surface area contributed by atoms with Crippen molar-refractivity contribution in [2.24, 2.45) is 0 Å². The second-order valence-electron chi connectivity index (χ2n) is 8.63. The third-order valence-corrected chi connectivity index (χ3v) is 6.84. The van der Waals surface area contributed by atoms with Crippen molar-refractivity contribution < 1.29 is 9.59 Å². The molecule has 4 rings (SSSR count). The standard InChI is InChI=1S/C29H31N3O2S/c1-3-18-31(29(34)30-27-15-9-13-24-12-7-8-14-26(24)27)21-28(33)32(19-23-10-5-4-6-11-23)20-25-17-16-22(2)35-25/h4-17H,3,18-21H2,1-2H3,(H,30,34). The molecule has 0 fully saturated rings. The Hall–Kier alpha value is -3.64. The third-order valence-electron chi connectivity index (χ3n) is 5.85. The van der Waals surface area contributed by atoms with Gasteiger partial charge in [0.05, 0.1) is 12.2 Å². The molecule has 1 N–H and O–H groups in total. The number of urea groups is 1. The molecule has 0 radical (unpaired) electrons. The van der Waals surface area contributed by atoms with E-state index >= 15 is 0 Å². The van der Waals surface area contributed by atoms with Crippen LogP contribution in [0.1, 0.15) is 28.7 Å². The van der Waals surface area contributed by atoms with Crippen molar-refractivity contribution >= 4 is 39.7 Å². The highest BCUT2D eigenvalue weighted by molar-refractivity contribution is 7.11. The van der Waals surface area contributed by atoms with Gasteiger partial charge in [-0.15, -0.1) is 11.3 Å². The second kappa shape index (κ2) is 11.7. The van der Waals surface area contributed by atoms with Crippen LogP contribution >= 0.6 is 11.3 Å².